The van der Waals surface area contributed by atoms with Crippen molar-refractivity contribution < 1.29 is 9.90 Å². The van der Waals surface area contributed by atoms with Crippen molar-refractivity contribution in [3.8, 4) is 0 Å². The molecule has 5 heteroatoms. The van der Waals surface area contributed by atoms with Gasteiger partial charge in [-0.25, -0.2) is 4.79 Å². The summed E-state index contributed by atoms with van der Waals surface area (Å²) >= 11 is 6.19. The lowest BCUT2D eigenvalue weighted by Gasteiger charge is -2.31. The highest BCUT2D eigenvalue weighted by Crippen LogP contribution is 2.26. The molecule has 1 aliphatic rings. The highest BCUT2D eigenvalue weighted by molar-refractivity contribution is 6.31. The van der Waals surface area contributed by atoms with Crippen LogP contribution in [0.1, 0.15) is 44.2 Å². The molecule has 116 valence electrons. The van der Waals surface area contributed by atoms with Crippen LogP contribution in [0.4, 0.5) is 4.79 Å². The van der Waals surface area contributed by atoms with Crippen molar-refractivity contribution in [2.75, 3.05) is 7.05 Å². The van der Waals surface area contributed by atoms with Crippen LogP contribution in [0.25, 0.3) is 0 Å². The van der Waals surface area contributed by atoms with Crippen LogP contribution in [0.15, 0.2) is 24.3 Å². The number of rotatable bonds is 3. The maximum Gasteiger partial charge on any atom is 0.317 e. The normalized spacial score (nSPS) is 23.4. The Labute approximate surface area is 131 Å². The predicted molar refractivity (Wildman–Crippen MR) is 84.4 cm³/mol. The van der Waals surface area contributed by atoms with E-state index in [0.717, 1.165) is 31.2 Å². The van der Waals surface area contributed by atoms with Crippen molar-refractivity contribution in [1.29, 1.82) is 0 Å². The highest BCUT2D eigenvalue weighted by Gasteiger charge is 2.24. The molecule has 0 radical (unpaired) electrons. The molecule has 0 saturated heterocycles. The number of halogens is 1. The first-order valence-corrected chi connectivity index (χ1v) is 7.82. The van der Waals surface area contributed by atoms with E-state index >= 15 is 0 Å². The average Bonchev–Trinajstić information content (AvgIpc) is 2.48. The topological polar surface area (TPSA) is 52.6 Å². The van der Waals surface area contributed by atoms with Crippen LogP contribution in [0, 0.1) is 0 Å². The number of amides is 2. The number of nitrogens with zero attached hydrogens (tertiary/aromatic N) is 1. The molecule has 0 aliphatic heterocycles. The van der Waals surface area contributed by atoms with E-state index < -0.39 is 0 Å². The minimum atomic E-state index is -0.210. The molecule has 1 aromatic rings. The van der Waals surface area contributed by atoms with Gasteiger partial charge in [-0.1, -0.05) is 29.8 Å². The van der Waals surface area contributed by atoms with E-state index in [1.807, 2.05) is 31.2 Å². The lowest BCUT2D eigenvalue weighted by atomic mass is 9.93. The van der Waals surface area contributed by atoms with Gasteiger partial charge in [0.2, 0.25) is 0 Å². The van der Waals surface area contributed by atoms with Gasteiger partial charge in [0.1, 0.15) is 0 Å². The minimum Gasteiger partial charge on any atom is -0.393 e. The molecular weight excluding hydrogens is 288 g/mol. The molecule has 1 fully saturated rings. The van der Waals surface area contributed by atoms with Gasteiger partial charge >= 0.3 is 6.03 Å². The number of benzene rings is 1. The van der Waals surface area contributed by atoms with E-state index in [2.05, 4.69) is 5.32 Å². The molecule has 21 heavy (non-hydrogen) atoms. The van der Waals surface area contributed by atoms with Gasteiger partial charge in [-0.05, 0) is 44.2 Å². The number of nitrogens with one attached hydrogen (secondary N) is 1. The number of carbonyl (C=O) groups excluding carboxylic acids is 1. The van der Waals surface area contributed by atoms with Gasteiger partial charge in [0, 0.05) is 18.1 Å². The monoisotopic (exact) mass is 310 g/mol. The number of urea groups is 1. The molecule has 1 saturated carbocycles. The molecule has 2 amide bonds. The van der Waals surface area contributed by atoms with Crippen molar-refractivity contribution in [2.45, 2.75) is 50.8 Å². The van der Waals surface area contributed by atoms with E-state index in [-0.39, 0.29) is 24.2 Å². The van der Waals surface area contributed by atoms with E-state index in [1.165, 1.54) is 0 Å². The van der Waals surface area contributed by atoms with E-state index in [1.54, 1.807) is 11.9 Å². The molecule has 1 atom stereocenters. The molecule has 2 N–H and O–H groups in total. The van der Waals surface area contributed by atoms with Crippen molar-refractivity contribution in [3.63, 3.8) is 0 Å². The van der Waals surface area contributed by atoms with Crippen molar-refractivity contribution >= 4 is 17.6 Å². The van der Waals surface area contributed by atoms with Crippen LogP contribution in [-0.2, 0) is 0 Å². The maximum atomic E-state index is 12.3. The summed E-state index contributed by atoms with van der Waals surface area (Å²) in [6, 6.07) is 7.55. The van der Waals surface area contributed by atoms with Gasteiger partial charge in [-0.2, -0.15) is 0 Å². The van der Waals surface area contributed by atoms with E-state index in [4.69, 9.17) is 11.6 Å². The maximum absolute atomic E-state index is 12.3. The molecule has 0 bridgehead atoms. The molecular formula is C16H23ClN2O2. The summed E-state index contributed by atoms with van der Waals surface area (Å²) in [5, 5.41) is 13.2. The van der Waals surface area contributed by atoms with Gasteiger partial charge in [-0.3, -0.25) is 0 Å². The molecule has 1 unspecified atom stereocenters. The smallest absolute Gasteiger partial charge is 0.317 e. The summed E-state index contributed by atoms with van der Waals surface area (Å²) in [4.78, 5) is 14.0. The Kier molecular flexibility index (Phi) is 5.48. The summed E-state index contributed by atoms with van der Waals surface area (Å²) < 4.78 is 0. The largest absolute Gasteiger partial charge is 0.393 e. The van der Waals surface area contributed by atoms with Crippen LogP contribution in [0.5, 0.6) is 0 Å². The van der Waals surface area contributed by atoms with E-state index in [0.29, 0.717) is 5.02 Å². The number of aliphatic hydroxyl groups is 1. The molecule has 1 aliphatic carbocycles. The van der Waals surface area contributed by atoms with Crippen molar-refractivity contribution in [2.24, 2.45) is 0 Å². The number of hydrogen-bond donors (Lipinski definition) is 2. The Balaban J connectivity index is 1.94. The molecule has 4 nitrogen and oxygen atoms in total. The Morgan fingerprint density at radius 2 is 1.95 bits per heavy atom. The molecule has 0 spiro atoms. The van der Waals surface area contributed by atoms with Crippen molar-refractivity contribution in [3.05, 3.63) is 34.9 Å². The van der Waals surface area contributed by atoms with Gasteiger partial charge < -0.3 is 15.3 Å². The first-order valence-electron chi connectivity index (χ1n) is 7.45. The fourth-order valence-corrected chi connectivity index (χ4v) is 2.99. The summed E-state index contributed by atoms with van der Waals surface area (Å²) in [6.45, 7) is 1.96. The lowest BCUT2D eigenvalue weighted by molar-refractivity contribution is 0.115. The summed E-state index contributed by atoms with van der Waals surface area (Å²) in [5.74, 6) is 0. The fourth-order valence-electron chi connectivity index (χ4n) is 2.70. The zero-order valence-electron chi connectivity index (χ0n) is 12.6. The van der Waals surface area contributed by atoms with Gasteiger partial charge in [-0.15, -0.1) is 0 Å². The summed E-state index contributed by atoms with van der Waals surface area (Å²) in [5.41, 5.74) is 0.941. The van der Waals surface area contributed by atoms with E-state index in [9.17, 15) is 9.90 Å². The van der Waals surface area contributed by atoms with Crippen LogP contribution in [0.2, 0.25) is 5.02 Å². The van der Waals surface area contributed by atoms with Crippen molar-refractivity contribution in [1.82, 2.24) is 10.2 Å². The molecule has 1 aromatic carbocycles. The third-order valence-electron chi connectivity index (χ3n) is 4.28. The Hall–Kier alpha value is -1.26. The quantitative estimate of drug-likeness (QED) is 0.899. The second kappa shape index (κ2) is 7.14. The average molecular weight is 311 g/mol. The highest BCUT2D eigenvalue weighted by atomic mass is 35.5. The van der Waals surface area contributed by atoms with Crippen LogP contribution >= 0.6 is 11.6 Å². The zero-order chi connectivity index (χ0) is 15.4. The third kappa shape index (κ3) is 4.11. The first-order chi connectivity index (χ1) is 9.99. The summed E-state index contributed by atoms with van der Waals surface area (Å²) in [7, 11) is 1.78. The summed E-state index contributed by atoms with van der Waals surface area (Å²) in [6.07, 6.45) is 2.98. The number of aliphatic hydroxyl groups excluding tert-OH is 1. The number of carbonyl (C=O) groups is 1. The molecule has 0 aromatic heterocycles. The lowest BCUT2D eigenvalue weighted by Crippen LogP contribution is -2.45. The number of hydrogen-bond acceptors (Lipinski definition) is 2. The molecule has 2 rings (SSSR count). The minimum absolute atomic E-state index is 0.0899. The predicted octanol–water partition coefficient (Wildman–Crippen LogP) is 3.35. The van der Waals surface area contributed by atoms with Gasteiger partial charge in [0.05, 0.1) is 12.1 Å². The van der Waals surface area contributed by atoms with Gasteiger partial charge in [0.25, 0.3) is 0 Å². The SMILES string of the molecule is CC(c1ccccc1Cl)N(C)C(=O)NC1CCC(O)CC1. The molecule has 0 heterocycles. The Morgan fingerprint density at radius 3 is 2.57 bits per heavy atom. The Morgan fingerprint density at radius 1 is 1.33 bits per heavy atom. The van der Waals surface area contributed by atoms with Gasteiger partial charge in [0.15, 0.2) is 0 Å². The van der Waals surface area contributed by atoms with Crippen LogP contribution in [-0.4, -0.2) is 35.2 Å². The second-order valence-electron chi connectivity index (χ2n) is 5.76. The second-order valence-corrected chi connectivity index (χ2v) is 6.17. The third-order valence-corrected chi connectivity index (χ3v) is 4.63. The fraction of sp³-hybridized carbons (Fsp3) is 0.562. The zero-order valence-corrected chi connectivity index (χ0v) is 13.3. The Bertz CT molecular complexity index is 487. The van der Waals surface area contributed by atoms with Crippen LogP contribution in [0.3, 0.4) is 0 Å². The standard InChI is InChI=1S/C16H23ClN2O2/c1-11(14-5-3-4-6-15(14)17)19(2)16(21)18-12-7-9-13(20)10-8-12/h3-6,11-13,20H,7-10H2,1-2H3,(H,18,21). The first kappa shape index (κ1) is 16.1. The van der Waals surface area contributed by atoms with Crippen LogP contribution < -0.4 is 5.32 Å².